The molecule has 0 saturated carbocycles. The third-order valence-electron chi connectivity index (χ3n) is 5.55. The molecule has 1 amide bonds. The topological polar surface area (TPSA) is 75.3 Å². The van der Waals surface area contributed by atoms with Gasteiger partial charge >= 0.3 is 0 Å². The maximum absolute atomic E-state index is 13.0. The Balaban J connectivity index is 1.66. The number of hydrogen-bond donors (Lipinski definition) is 2. The maximum atomic E-state index is 13.0. The molecule has 0 radical (unpaired) electrons. The lowest BCUT2D eigenvalue weighted by Crippen LogP contribution is -2.25. The molecule has 0 aliphatic heterocycles. The van der Waals surface area contributed by atoms with Crippen LogP contribution in [0.25, 0.3) is 0 Å². The van der Waals surface area contributed by atoms with E-state index in [4.69, 9.17) is 0 Å². The van der Waals surface area contributed by atoms with Crippen LogP contribution >= 0.6 is 0 Å². The molecule has 0 aliphatic carbocycles. The predicted molar refractivity (Wildman–Crippen MR) is 130 cm³/mol. The first-order valence-electron chi connectivity index (χ1n) is 10.7. The summed E-state index contributed by atoms with van der Waals surface area (Å²) in [6.45, 7) is 8.20. The number of carbonyl (C=O) groups excluding carboxylic acids is 1. The van der Waals surface area contributed by atoms with Gasteiger partial charge < -0.3 is 5.32 Å². The Bertz CT molecular complexity index is 1220. The number of hydrogen-bond acceptors (Lipinski definition) is 3. The van der Waals surface area contributed by atoms with E-state index < -0.39 is 10.0 Å². The summed E-state index contributed by atoms with van der Waals surface area (Å²) in [4.78, 5) is 12.7. The van der Waals surface area contributed by atoms with Gasteiger partial charge in [-0.15, -0.1) is 0 Å². The van der Waals surface area contributed by atoms with E-state index in [2.05, 4.69) is 41.2 Å². The van der Waals surface area contributed by atoms with E-state index in [0.717, 1.165) is 24.0 Å². The number of aryl methyl sites for hydroxylation is 5. The van der Waals surface area contributed by atoms with Gasteiger partial charge in [0.05, 0.1) is 4.90 Å². The van der Waals surface area contributed by atoms with Crippen molar-refractivity contribution in [2.24, 2.45) is 0 Å². The van der Waals surface area contributed by atoms with E-state index in [9.17, 15) is 13.2 Å². The van der Waals surface area contributed by atoms with Gasteiger partial charge in [-0.1, -0.05) is 42.0 Å². The zero-order valence-corrected chi connectivity index (χ0v) is 19.8. The Kier molecular flexibility index (Phi) is 7.36. The molecule has 6 heteroatoms. The zero-order valence-electron chi connectivity index (χ0n) is 19.0. The summed E-state index contributed by atoms with van der Waals surface area (Å²) in [5.41, 5.74) is 5.94. The van der Waals surface area contributed by atoms with Crippen LogP contribution in [-0.4, -0.2) is 20.9 Å². The Hall–Kier alpha value is -3.12. The standard InChI is InChI=1S/C26H30N2O3S/c1-18-7-11-22(12-8-18)6-5-15-27-26(29)23-13-9-20(3)25(17-23)32(30,31)28-24-14-10-19(2)21(4)16-24/h7-14,16-17,28H,5-6,15H2,1-4H3,(H,27,29). The van der Waals surface area contributed by atoms with Gasteiger partial charge in [0.2, 0.25) is 0 Å². The molecule has 5 nitrogen and oxygen atoms in total. The molecule has 3 aromatic carbocycles. The molecule has 0 heterocycles. The minimum Gasteiger partial charge on any atom is -0.352 e. The molecule has 32 heavy (non-hydrogen) atoms. The van der Waals surface area contributed by atoms with Crippen LogP contribution in [0.3, 0.4) is 0 Å². The van der Waals surface area contributed by atoms with Crippen molar-refractivity contribution in [1.82, 2.24) is 5.32 Å². The number of nitrogens with one attached hydrogen (secondary N) is 2. The second-order valence-electron chi connectivity index (χ2n) is 8.23. The van der Waals surface area contributed by atoms with E-state index >= 15 is 0 Å². The van der Waals surface area contributed by atoms with Gasteiger partial charge in [-0.25, -0.2) is 8.42 Å². The van der Waals surface area contributed by atoms with Gasteiger partial charge in [0.1, 0.15) is 0 Å². The molecule has 0 spiro atoms. The fourth-order valence-corrected chi connectivity index (χ4v) is 4.72. The fraction of sp³-hybridized carbons (Fsp3) is 0.269. The Morgan fingerprint density at radius 3 is 2.19 bits per heavy atom. The first-order valence-corrected chi connectivity index (χ1v) is 12.2. The van der Waals surface area contributed by atoms with Crippen LogP contribution < -0.4 is 10.0 Å². The van der Waals surface area contributed by atoms with Crippen molar-refractivity contribution in [3.8, 4) is 0 Å². The van der Waals surface area contributed by atoms with Crippen molar-refractivity contribution >= 4 is 21.6 Å². The lowest BCUT2D eigenvalue weighted by atomic mass is 10.1. The summed E-state index contributed by atoms with van der Waals surface area (Å²) >= 11 is 0. The monoisotopic (exact) mass is 450 g/mol. The van der Waals surface area contributed by atoms with Crippen molar-refractivity contribution in [3.05, 3.63) is 94.0 Å². The van der Waals surface area contributed by atoms with Crippen molar-refractivity contribution in [2.45, 2.75) is 45.4 Å². The molecule has 0 saturated heterocycles. The fourth-order valence-electron chi connectivity index (χ4n) is 3.40. The molecule has 0 fully saturated rings. The molecular formula is C26H30N2O3S. The summed E-state index contributed by atoms with van der Waals surface area (Å²) in [5, 5.41) is 2.89. The van der Waals surface area contributed by atoms with Crippen LogP contribution in [0.15, 0.2) is 65.6 Å². The first-order chi connectivity index (χ1) is 15.2. The first kappa shape index (κ1) is 23.5. The van der Waals surface area contributed by atoms with E-state index in [1.165, 1.54) is 17.2 Å². The third-order valence-corrected chi connectivity index (χ3v) is 7.07. The molecule has 0 aromatic heterocycles. The van der Waals surface area contributed by atoms with Gasteiger partial charge in [0, 0.05) is 17.8 Å². The number of amides is 1. The van der Waals surface area contributed by atoms with Crippen LogP contribution in [0.5, 0.6) is 0 Å². The van der Waals surface area contributed by atoms with E-state index in [1.807, 2.05) is 19.9 Å². The van der Waals surface area contributed by atoms with Crippen molar-refractivity contribution in [1.29, 1.82) is 0 Å². The lowest BCUT2D eigenvalue weighted by molar-refractivity contribution is 0.0953. The highest BCUT2D eigenvalue weighted by Gasteiger charge is 2.19. The molecule has 168 valence electrons. The second kappa shape index (κ2) is 10.0. The van der Waals surface area contributed by atoms with Crippen LogP contribution in [0.1, 0.15) is 44.6 Å². The average Bonchev–Trinajstić information content (AvgIpc) is 2.75. The number of carbonyl (C=O) groups is 1. The van der Waals surface area contributed by atoms with Crippen molar-refractivity contribution in [3.63, 3.8) is 0 Å². The normalized spacial score (nSPS) is 11.2. The molecule has 3 aromatic rings. The van der Waals surface area contributed by atoms with E-state index in [0.29, 0.717) is 23.4 Å². The minimum atomic E-state index is -3.82. The van der Waals surface area contributed by atoms with Gasteiger partial charge in [-0.3, -0.25) is 9.52 Å². The minimum absolute atomic E-state index is 0.100. The Labute approximate surface area is 190 Å². The molecule has 0 unspecified atom stereocenters. The number of anilines is 1. The summed E-state index contributed by atoms with van der Waals surface area (Å²) in [6.07, 6.45) is 1.67. The van der Waals surface area contributed by atoms with E-state index in [1.54, 1.807) is 31.2 Å². The summed E-state index contributed by atoms with van der Waals surface area (Å²) in [5.74, 6) is -0.281. The summed E-state index contributed by atoms with van der Waals surface area (Å²) < 4.78 is 28.6. The molecule has 0 aliphatic rings. The lowest BCUT2D eigenvalue weighted by Gasteiger charge is -2.13. The van der Waals surface area contributed by atoms with Crippen molar-refractivity contribution < 1.29 is 13.2 Å². The van der Waals surface area contributed by atoms with Gasteiger partial charge in [0.25, 0.3) is 15.9 Å². The summed E-state index contributed by atoms with van der Waals surface area (Å²) in [6, 6.07) is 18.5. The highest BCUT2D eigenvalue weighted by molar-refractivity contribution is 7.92. The number of sulfonamides is 1. The van der Waals surface area contributed by atoms with Gasteiger partial charge in [0.15, 0.2) is 0 Å². The predicted octanol–water partition coefficient (Wildman–Crippen LogP) is 5.08. The summed E-state index contributed by atoms with van der Waals surface area (Å²) in [7, 11) is -3.82. The molecule has 3 rings (SSSR count). The van der Waals surface area contributed by atoms with Crippen LogP contribution in [0.4, 0.5) is 5.69 Å². The highest BCUT2D eigenvalue weighted by Crippen LogP contribution is 2.22. The molecule has 0 atom stereocenters. The molecule has 0 bridgehead atoms. The van der Waals surface area contributed by atoms with Crippen molar-refractivity contribution in [2.75, 3.05) is 11.3 Å². The van der Waals surface area contributed by atoms with Gasteiger partial charge in [-0.05, 0) is 87.1 Å². The maximum Gasteiger partial charge on any atom is 0.262 e. The van der Waals surface area contributed by atoms with Crippen LogP contribution in [0.2, 0.25) is 0 Å². The SMILES string of the molecule is Cc1ccc(CCCNC(=O)c2ccc(C)c(S(=O)(=O)Nc3ccc(C)c(C)c3)c2)cc1. The van der Waals surface area contributed by atoms with E-state index in [-0.39, 0.29) is 10.8 Å². The highest BCUT2D eigenvalue weighted by atomic mass is 32.2. The van der Waals surface area contributed by atoms with Crippen LogP contribution in [-0.2, 0) is 16.4 Å². The number of benzene rings is 3. The van der Waals surface area contributed by atoms with Crippen LogP contribution in [0, 0.1) is 27.7 Å². The Morgan fingerprint density at radius 1 is 0.812 bits per heavy atom. The Morgan fingerprint density at radius 2 is 1.50 bits per heavy atom. The molecular weight excluding hydrogens is 420 g/mol. The average molecular weight is 451 g/mol. The zero-order chi connectivity index (χ0) is 23.3. The largest absolute Gasteiger partial charge is 0.352 e. The smallest absolute Gasteiger partial charge is 0.262 e. The molecule has 2 N–H and O–H groups in total. The third kappa shape index (κ3) is 5.98. The number of rotatable bonds is 8. The quantitative estimate of drug-likeness (QED) is 0.470. The second-order valence-corrected chi connectivity index (χ2v) is 9.88. The van der Waals surface area contributed by atoms with Gasteiger partial charge in [-0.2, -0.15) is 0 Å².